The van der Waals surface area contributed by atoms with Crippen LogP contribution in [0.15, 0.2) is 6.33 Å². The monoisotopic (exact) mass is 176 g/mol. The summed E-state index contributed by atoms with van der Waals surface area (Å²) in [6.07, 6.45) is 1.73. The summed E-state index contributed by atoms with van der Waals surface area (Å²) in [5.74, 6) is 0.646. The molecule has 0 N–H and O–H groups in total. The first kappa shape index (κ1) is 7.95. The van der Waals surface area contributed by atoms with Crippen LogP contribution in [0, 0.1) is 0 Å². The number of thiol groups is 1. The maximum Gasteiger partial charge on any atom is 0.151 e. The fourth-order valence-electron chi connectivity index (χ4n) is 0.812. The van der Waals surface area contributed by atoms with Gasteiger partial charge in [0.05, 0.1) is 12.0 Å². The van der Waals surface area contributed by atoms with Crippen molar-refractivity contribution in [2.75, 3.05) is 0 Å². The zero-order valence-electron chi connectivity index (χ0n) is 5.71. The van der Waals surface area contributed by atoms with Crippen LogP contribution in [0.5, 0.6) is 0 Å². The van der Waals surface area contributed by atoms with E-state index in [0.717, 1.165) is 12.2 Å². The summed E-state index contributed by atoms with van der Waals surface area (Å²) in [4.78, 5) is 3.94. The van der Waals surface area contributed by atoms with Gasteiger partial charge < -0.3 is 4.57 Å². The van der Waals surface area contributed by atoms with Gasteiger partial charge in [0.1, 0.15) is 0 Å². The third kappa shape index (κ3) is 1.30. The molecule has 0 saturated heterocycles. The molecule has 56 valence electrons. The maximum atomic E-state index is 5.74. The maximum absolute atomic E-state index is 5.74. The van der Waals surface area contributed by atoms with Crippen molar-refractivity contribution >= 4 is 24.2 Å². The molecule has 0 amide bonds. The van der Waals surface area contributed by atoms with Crippen LogP contribution in [0.3, 0.4) is 0 Å². The quantitative estimate of drug-likeness (QED) is 0.683. The molecule has 0 radical (unpaired) electrons. The van der Waals surface area contributed by atoms with Crippen LogP contribution >= 0.6 is 24.2 Å². The molecular weight excluding hydrogens is 168 g/mol. The van der Waals surface area contributed by atoms with Gasteiger partial charge in [-0.3, -0.25) is 0 Å². The minimum atomic E-state index is 0.567. The highest BCUT2D eigenvalue weighted by molar-refractivity contribution is 7.79. The summed E-state index contributed by atoms with van der Waals surface area (Å²) in [6, 6.07) is 0. The van der Waals surface area contributed by atoms with E-state index in [9.17, 15) is 0 Å². The van der Waals surface area contributed by atoms with Crippen molar-refractivity contribution in [1.82, 2.24) is 9.55 Å². The highest BCUT2D eigenvalue weighted by Crippen LogP contribution is 2.14. The van der Waals surface area contributed by atoms with Crippen LogP contribution in [-0.2, 0) is 12.3 Å². The Morgan fingerprint density at radius 1 is 1.80 bits per heavy atom. The van der Waals surface area contributed by atoms with Crippen molar-refractivity contribution in [2.45, 2.75) is 19.2 Å². The number of aryl methyl sites for hydroxylation is 1. The number of imidazole rings is 1. The molecule has 0 aliphatic heterocycles. The zero-order chi connectivity index (χ0) is 7.56. The molecule has 4 heteroatoms. The third-order valence-electron chi connectivity index (χ3n) is 1.39. The van der Waals surface area contributed by atoms with E-state index in [1.165, 1.54) is 0 Å². The number of nitrogens with zero attached hydrogens (tertiary/aromatic N) is 2. The molecule has 0 fully saturated rings. The van der Waals surface area contributed by atoms with Crippen LogP contribution in [0.1, 0.15) is 12.6 Å². The summed E-state index contributed by atoms with van der Waals surface area (Å²) in [5, 5.41) is 0.567. The number of aromatic nitrogens is 2. The highest BCUT2D eigenvalue weighted by Gasteiger charge is 2.03. The lowest BCUT2D eigenvalue weighted by Crippen LogP contribution is -1.96. The lowest BCUT2D eigenvalue weighted by atomic mass is 10.5. The molecule has 0 spiro atoms. The number of rotatable bonds is 2. The van der Waals surface area contributed by atoms with Crippen LogP contribution in [0.25, 0.3) is 0 Å². The molecule has 0 saturated carbocycles. The fraction of sp³-hybridized carbons (Fsp3) is 0.500. The van der Waals surface area contributed by atoms with Gasteiger partial charge >= 0.3 is 0 Å². The summed E-state index contributed by atoms with van der Waals surface area (Å²) in [7, 11) is 0. The number of halogens is 1. The Labute approximate surface area is 70.6 Å². The summed E-state index contributed by atoms with van der Waals surface area (Å²) >= 11 is 9.87. The van der Waals surface area contributed by atoms with Crippen LogP contribution in [-0.4, -0.2) is 9.55 Å². The van der Waals surface area contributed by atoms with Gasteiger partial charge in [-0.2, -0.15) is 12.6 Å². The molecule has 0 bridgehead atoms. The van der Waals surface area contributed by atoms with Crippen molar-refractivity contribution < 1.29 is 0 Å². The largest absolute Gasteiger partial charge is 0.333 e. The van der Waals surface area contributed by atoms with E-state index in [-0.39, 0.29) is 0 Å². The second-order valence-electron chi connectivity index (χ2n) is 1.93. The summed E-state index contributed by atoms with van der Waals surface area (Å²) in [6.45, 7) is 2.94. The van der Waals surface area contributed by atoms with Crippen molar-refractivity contribution in [3.63, 3.8) is 0 Å². The first-order valence-electron chi connectivity index (χ1n) is 3.10. The Hall–Kier alpha value is -0.150. The molecule has 0 aliphatic carbocycles. The van der Waals surface area contributed by atoms with E-state index in [1.54, 1.807) is 6.33 Å². The van der Waals surface area contributed by atoms with Gasteiger partial charge in [-0.1, -0.05) is 11.6 Å². The standard InChI is InChI=1S/C6H9ClN2S/c1-2-9-4-8-6(7)5(9)3-10/h4,10H,2-3H2,1H3. The lowest BCUT2D eigenvalue weighted by molar-refractivity contribution is 0.734. The normalized spacial score (nSPS) is 10.3. The molecule has 0 unspecified atom stereocenters. The Bertz CT molecular complexity index is 222. The molecule has 1 aromatic heterocycles. The molecule has 0 aromatic carbocycles. The van der Waals surface area contributed by atoms with Crippen LogP contribution in [0.4, 0.5) is 0 Å². The zero-order valence-corrected chi connectivity index (χ0v) is 7.36. The van der Waals surface area contributed by atoms with Crippen molar-refractivity contribution in [2.24, 2.45) is 0 Å². The Morgan fingerprint density at radius 2 is 2.50 bits per heavy atom. The molecule has 1 heterocycles. The van der Waals surface area contributed by atoms with E-state index in [4.69, 9.17) is 11.6 Å². The van der Waals surface area contributed by atoms with Gasteiger partial charge in [-0.05, 0) is 6.92 Å². The Kier molecular flexibility index (Phi) is 2.63. The van der Waals surface area contributed by atoms with E-state index in [0.29, 0.717) is 10.9 Å². The van der Waals surface area contributed by atoms with Gasteiger partial charge in [-0.25, -0.2) is 4.98 Å². The summed E-state index contributed by atoms with van der Waals surface area (Å²) < 4.78 is 1.98. The van der Waals surface area contributed by atoms with Gasteiger partial charge in [-0.15, -0.1) is 0 Å². The first-order chi connectivity index (χ1) is 4.79. The van der Waals surface area contributed by atoms with E-state index < -0.39 is 0 Å². The number of hydrogen-bond acceptors (Lipinski definition) is 2. The second-order valence-corrected chi connectivity index (χ2v) is 2.60. The minimum Gasteiger partial charge on any atom is -0.333 e. The van der Waals surface area contributed by atoms with Gasteiger partial charge in [0, 0.05) is 12.3 Å². The topological polar surface area (TPSA) is 17.8 Å². The van der Waals surface area contributed by atoms with E-state index in [1.807, 2.05) is 11.5 Å². The molecule has 10 heavy (non-hydrogen) atoms. The Morgan fingerprint density at radius 3 is 2.90 bits per heavy atom. The van der Waals surface area contributed by atoms with E-state index in [2.05, 4.69) is 17.6 Å². The van der Waals surface area contributed by atoms with E-state index >= 15 is 0 Å². The molecule has 1 aromatic rings. The highest BCUT2D eigenvalue weighted by atomic mass is 35.5. The Balaban J connectivity index is 3.01. The summed E-state index contributed by atoms with van der Waals surface area (Å²) in [5.41, 5.74) is 0.993. The molecule has 2 nitrogen and oxygen atoms in total. The van der Waals surface area contributed by atoms with Crippen LogP contribution in [0.2, 0.25) is 5.15 Å². The van der Waals surface area contributed by atoms with Crippen molar-refractivity contribution in [1.29, 1.82) is 0 Å². The van der Waals surface area contributed by atoms with Gasteiger partial charge in [0.2, 0.25) is 0 Å². The average molecular weight is 177 g/mol. The van der Waals surface area contributed by atoms with Crippen molar-refractivity contribution in [3.8, 4) is 0 Å². The molecule has 0 atom stereocenters. The predicted molar refractivity (Wildman–Crippen MR) is 45.6 cm³/mol. The third-order valence-corrected chi connectivity index (χ3v) is 2.00. The lowest BCUT2D eigenvalue weighted by Gasteiger charge is -2.00. The molecule has 1 rings (SSSR count). The van der Waals surface area contributed by atoms with Crippen LogP contribution < -0.4 is 0 Å². The van der Waals surface area contributed by atoms with Gasteiger partial charge in [0.15, 0.2) is 5.15 Å². The van der Waals surface area contributed by atoms with Crippen molar-refractivity contribution in [3.05, 3.63) is 17.2 Å². The molecule has 0 aliphatic rings. The SMILES string of the molecule is CCn1cnc(Cl)c1CS. The smallest absolute Gasteiger partial charge is 0.151 e. The first-order valence-corrected chi connectivity index (χ1v) is 4.11. The van der Waals surface area contributed by atoms with Gasteiger partial charge in [0.25, 0.3) is 0 Å². The predicted octanol–water partition coefficient (Wildman–Crippen LogP) is 1.99. The fourth-order valence-corrected chi connectivity index (χ4v) is 1.46. The second kappa shape index (κ2) is 3.30. The minimum absolute atomic E-state index is 0.567. The average Bonchev–Trinajstić information content (AvgIpc) is 2.30. The molecular formula is C6H9ClN2S. The number of hydrogen-bond donors (Lipinski definition) is 1.